The Hall–Kier alpha value is -1.78. The summed E-state index contributed by atoms with van der Waals surface area (Å²) in [5.41, 5.74) is 0.452. The molecule has 0 heterocycles. The van der Waals surface area contributed by atoms with Crippen LogP contribution in [0.3, 0.4) is 0 Å². The Bertz CT molecular complexity index is 558. The fraction of sp³-hybridized carbons (Fsp3) is 0.500. The molecule has 1 rings (SSSR count). The third-order valence-electron chi connectivity index (χ3n) is 2.78. The summed E-state index contributed by atoms with van der Waals surface area (Å²) in [5, 5.41) is 11.7. The van der Waals surface area contributed by atoms with Crippen LogP contribution < -0.4 is 14.8 Å². The summed E-state index contributed by atoms with van der Waals surface area (Å²) in [6, 6.07) is 5.26. The number of nitrogens with one attached hydrogen (secondary N) is 1. The normalized spacial score (nSPS) is 10.0. The number of rotatable bonds is 10. The maximum Gasteiger partial charge on any atom is 0.257 e. The van der Waals surface area contributed by atoms with Crippen molar-refractivity contribution in [1.82, 2.24) is 5.32 Å². The van der Waals surface area contributed by atoms with Crippen molar-refractivity contribution >= 4 is 21.8 Å². The van der Waals surface area contributed by atoms with E-state index in [1.54, 1.807) is 12.1 Å². The van der Waals surface area contributed by atoms with Gasteiger partial charge in [0.2, 0.25) is 0 Å². The first-order chi connectivity index (χ1) is 11.1. The van der Waals surface area contributed by atoms with Crippen LogP contribution in [0.25, 0.3) is 0 Å². The summed E-state index contributed by atoms with van der Waals surface area (Å²) >= 11 is 3.34. The molecule has 0 aliphatic heterocycles. The van der Waals surface area contributed by atoms with Crippen LogP contribution in [0.2, 0.25) is 0 Å². The monoisotopic (exact) mass is 384 g/mol. The summed E-state index contributed by atoms with van der Waals surface area (Å²) in [4.78, 5) is 11.8. The molecule has 126 valence electrons. The van der Waals surface area contributed by atoms with Crippen LogP contribution in [-0.2, 0) is 9.53 Å². The molecule has 0 fully saturated rings. The average Bonchev–Trinajstić information content (AvgIpc) is 2.53. The van der Waals surface area contributed by atoms with Crippen molar-refractivity contribution in [3.63, 3.8) is 0 Å². The highest BCUT2D eigenvalue weighted by molar-refractivity contribution is 9.10. The van der Waals surface area contributed by atoms with Gasteiger partial charge in [-0.3, -0.25) is 4.79 Å². The summed E-state index contributed by atoms with van der Waals surface area (Å²) < 4.78 is 16.8. The number of amides is 1. The van der Waals surface area contributed by atoms with E-state index in [9.17, 15) is 4.79 Å². The van der Waals surface area contributed by atoms with Crippen molar-refractivity contribution in [2.24, 2.45) is 0 Å². The van der Waals surface area contributed by atoms with E-state index >= 15 is 0 Å². The second-order valence-corrected chi connectivity index (χ2v) is 5.37. The van der Waals surface area contributed by atoms with Crippen LogP contribution in [0.15, 0.2) is 16.6 Å². The van der Waals surface area contributed by atoms with Gasteiger partial charge in [0.05, 0.1) is 22.7 Å². The Labute approximate surface area is 144 Å². The van der Waals surface area contributed by atoms with Crippen LogP contribution in [0.5, 0.6) is 11.5 Å². The van der Waals surface area contributed by atoms with Gasteiger partial charge in [0.25, 0.3) is 5.91 Å². The van der Waals surface area contributed by atoms with E-state index in [2.05, 4.69) is 21.2 Å². The second-order valence-electron chi connectivity index (χ2n) is 4.52. The molecule has 7 heteroatoms. The van der Waals surface area contributed by atoms with Gasteiger partial charge in [-0.05, 0) is 42.3 Å². The van der Waals surface area contributed by atoms with Gasteiger partial charge in [-0.25, -0.2) is 0 Å². The zero-order valence-corrected chi connectivity index (χ0v) is 14.9. The largest absolute Gasteiger partial charge is 0.490 e. The van der Waals surface area contributed by atoms with E-state index in [1.165, 1.54) is 0 Å². The summed E-state index contributed by atoms with van der Waals surface area (Å²) in [6.45, 7) is 5.90. The van der Waals surface area contributed by atoms with Crippen molar-refractivity contribution in [3.8, 4) is 17.6 Å². The predicted molar refractivity (Wildman–Crippen MR) is 89.6 cm³/mol. The van der Waals surface area contributed by atoms with Crippen LogP contribution in [0, 0.1) is 11.3 Å². The maximum absolute atomic E-state index is 11.8. The number of nitriles is 1. The quantitative estimate of drug-likeness (QED) is 0.627. The Kier molecular flexibility index (Phi) is 9.10. The standard InChI is InChI=1S/C16H21BrN2O4/c1-3-21-7-5-6-19-15(20)11-23-16-13(17)8-12(10-18)9-14(16)22-4-2/h8-9H,3-7,11H2,1-2H3,(H,19,20). The molecule has 1 aromatic carbocycles. The van der Waals surface area contributed by atoms with Gasteiger partial charge >= 0.3 is 0 Å². The van der Waals surface area contributed by atoms with Crippen molar-refractivity contribution in [1.29, 1.82) is 5.26 Å². The molecule has 1 aromatic rings. The second kappa shape index (κ2) is 10.9. The number of hydrogen-bond acceptors (Lipinski definition) is 5. The van der Waals surface area contributed by atoms with E-state index in [4.69, 9.17) is 19.5 Å². The van der Waals surface area contributed by atoms with Gasteiger partial charge in [-0.2, -0.15) is 5.26 Å². The number of benzene rings is 1. The summed E-state index contributed by atoms with van der Waals surface area (Å²) in [7, 11) is 0. The highest BCUT2D eigenvalue weighted by atomic mass is 79.9. The van der Waals surface area contributed by atoms with Gasteiger partial charge in [-0.15, -0.1) is 0 Å². The highest BCUT2D eigenvalue weighted by Gasteiger charge is 2.14. The molecule has 0 saturated carbocycles. The van der Waals surface area contributed by atoms with E-state index in [-0.39, 0.29) is 12.5 Å². The zero-order valence-electron chi connectivity index (χ0n) is 13.4. The number of halogens is 1. The molecule has 0 radical (unpaired) electrons. The maximum atomic E-state index is 11.8. The predicted octanol–water partition coefficient (Wildman–Crippen LogP) is 2.64. The van der Waals surface area contributed by atoms with Crippen molar-refractivity contribution in [2.75, 3.05) is 33.0 Å². The molecule has 0 aromatic heterocycles. The Balaban J connectivity index is 2.56. The molecule has 23 heavy (non-hydrogen) atoms. The van der Waals surface area contributed by atoms with Crippen molar-refractivity contribution < 1.29 is 19.0 Å². The third-order valence-corrected chi connectivity index (χ3v) is 3.37. The minimum absolute atomic E-state index is 0.126. The van der Waals surface area contributed by atoms with E-state index in [0.29, 0.717) is 47.9 Å². The van der Waals surface area contributed by atoms with Gasteiger partial charge in [0.1, 0.15) is 0 Å². The van der Waals surface area contributed by atoms with Gasteiger partial charge < -0.3 is 19.5 Å². The van der Waals surface area contributed by atoms with Gasteiger partial charge in [-0.1, -0.05) is 0 Å². The lowest BCUT2D eigenvalue weighted by Gasteiger charge is -2.14. The lowest BCUT2D eigenvalue weighted by Crippen LogP contribution is -2.30. The first kappa shape index (κ1) is 19.3. The molecule has 0 saturated heterocycles. The first-order valence-electron chi connectivity index (χ1n) is 7.46. The molecule has 0 aliphatic carbocycles. The number of carbonyl (C=O) groups excluding carboxylic acids is 1. The smallest absolute Gasteiger partial charge is 0.257 e. The highest BCUT2D eigenvalue weighted by Crippen LogP contribution is 2.36. The van der Waals surface area contributed by atoms with Crippen molar-refractivity contribution in [2.45, 2.75) is 20.3 Å². The lowest BCUT2D eigenvalue weighted by atomic mass is 10.2. The van der Waals surface area contributed by atoms with Gasteiger partial charge in [0.15, 0.2) is 18.1 Å². The number of nitrogens with zero attached hydrogens (tertiary/aromatic N) is 1. The van der Waals surface area contributed by atoms with E-state index in [1.807, 2.05) is 19.9 Å². The number of ether oxygens (including phenoxy) is 3. The average molecular weight is 385 g/mol. The lowest BCUT2D eigenvalue weighted by molar-refractivity contribution is -0.123. The van der Waals surface area contributed by atoms with E-state index in [0.717, 1.165) is 6.42 Å². The SMILES string of the molecule is CCOCCCNC(=O)COc1c(Br)cc(C#N)cc1OCC. The topological polar surface area (TPSA) is 80.6 Å². The molecule has 0 atom stereocenters. The molecule has 0 aliphatic rings. The minimum atomic E-state index is -0.222. The molecule has 0 bridgehead atoms. The number of carbonyl (C=O) groups is 1. The fourth-order valence-corrected chi connectivity index (χ4v) is 2.33. The zero-order chi connectivity index (χ0) is 17.1. The Morgan fingerprint density at radius 3 is 2.74 bits per heavy atom. The first-order valence-corrected chi connectivity index (χ1v) is 8.25. The van der Waals surface area contributed by atoms with Crippen LogP contribution in [0.4, 0.5) is 0 Å². The summed E-state index contributed by atoms with van der Waals surface area (Å²) in [5.74, 6) is 0.623. The van der Waals surface area contributed by atoms with Gasteiger partial charge in [0, 0.05) is 25.8 Å². The minimum Gasteiger partial charge on any atom is -0.490 e. The summed E-state index contributed by atoms with van der Waals surface area (Å²) in [6.07, 6.45) is 0.754. The molecule has 1 N–H and O–H groups in total. The van der Waals surface area contributed by atoms with E-state index < -0.39 is 0 Å². The third kappa shape index (κ3) is 6.89. The molecule has 6 nitrogen and oxygen atoms in total. The molecule has 1 amide bonds. The van der Waals surface area contributed by atoms with Crippen molar-refractivity contribution in [3.05, 3.63) is 22.2 Å². The molecular weight excluding hydrogens is 364 g/mol. The van der Waals surface area contributed by atoms with Crippen LogP contribution in [0.1, 0.15) is 25.8 Å². The molecule has 0 spiro atoms. The Morgan fingerprint density at radius 1 is 1.30 bits per heavy atom. The van der Waals surface area contributed by atoms with Crippen LogP contribution >= 0.6 is 15.9 Å². The fourth-order valence-electron chi connectivity index (χ4n) is 1.77. The van der Waals surface area contributed by atoms with Crippen LogP contribution in [-0.4, -0.2) is 38.9 Å². The molecule has 0 unspecified atom stereocenters. The molecular formula is C16H21BrN2O4. The number of hydrogen-bond donors (Lipinski definition) is 1. The Morgan fingerprint density at radius 2 is 2.09 bits per heavy atom.